The lowest BCUT2D eigenvalue weighted by molar-refractivity contribution is 0.192. The molecule has 0 spiro atoms. The third-order valence-electron chi connectivity index (χ3n) is 3.11. The molecular weight excluding hydrogens is 324 g/mol. The van der Waals surface area contributed by atoms with Crippen molar-refractivity contribution in [3.63, 3.8) is 0 Å². The Morgan fingerprint density at radius 2 is 1.68 bits per heavy atom. The van der Waals surface area contributed by atoms with Crippen molar-refractivity contribution in [1.82, 2.24) is 19.9 Å². The van der Waals surface area contributed by atoms with Crippen LogP contribution in [0, 0.1) is 0 Å². The molecule has 3 rings (SSSR count). The smallest absolute Gasteiger partial charge is 0.261 e. The molecule has 1 N–H and O–H groups in total. The standard InChI is InChI=1S/C17H16N4O4/c1-23-12-5-2-3-6-13(12)25-14-11-20-16(15-18-7-4-8-19-15)21-17(14)24-10-9-22/h2-8,11,22H,9-10H2,1H3. The Kier molecular flexibility index (Phi) is 5.32. The number of benzene rings is 1. The van der Waals surface area contributed by atoms with Gasteiger partial charge < -0.3 is 19.3 Å². The van der Waals surface area contributed by atoms with E-state index in [1.807, 2.05) is 12.1 Å². The van der Waals surface area contributed by atoms with Crippen molar-refractivity contribution in [3.05, 3.63) is 48.9 Å². The zero-order valence-electron chi connectivity index (χ0n) is 13.5. The van der Waals surface area contributed by atoms with Gasteiger partial charge in [0.05, 0.1) is 19.9 Å². The first kappa shape index (κ1) is 16.6. The number of hydrogen-bond donors (Lipinski definition) is 1. The maximum atomic E-state index is 9.02. The molecule has 0 aliphatic rings. The number of methoxy groups -OCH3 is 1. The molecule has 0 radical (unpaired) electrons. The molecule has 0 saturated heterocycles. The molecule has 2 heterocycles. The monoisotopic (exact) mass is 340 g/mol. The highest BCUT2D eigenvalue weighted by Crippen LogP contribution is 2.35. The lowest BCUT2D eigenvalue weighted by Crippen LogP contribution is -2.06. The van der Waals surface area contributed by atoms with Crippen LogP contribution < -0.4 is 14.2 Å². The lowest BCUT2D eigenvalue weighted by atomic mass is 10.3. The summed E-state index contributed by atoms with van der Waals surface area (Å²) in [5, 5.41) is 9.02. The highest BCUT2D eigenvalue weighted by atomic mass is 16.5. The number of para-hydroxylation sites is 2. The Bertz CT molecular complexity index is 830. The first-order valence-corrected chi connectivity index (χ1v) is 7.50. The molecule has 1 aromatic carbocycles. The van der Waals surface area contributed by atoms with Crippen molar-refractivity contribution in [1.29, 1.82) is 0 Å². The fourth-order valence-electron chi connectivity index (χ4n) is 2.01. The molecule has 128 valence electrons. The first-order valence-electron chi connectivity index (χ1n) is 7.50. The van der Waals surface area contributed by atoms with E-state index in [2.05, 4.69) is 19.9 Å². The van der Waals surface area contributed by atoms with Crippen LogP contribution >= 0.6 is 0 Å². The van der Waals surface area contributed by atoms with E-state index in [0.29, 0.717) is 23.1 Å². The molecule has 0 unspecified atom stereocenters. The number of ether oxygens (including phenoxy) is 3. The second kappa shape index (κ2) is 8.02. The minimum atomic E-state index is -0.157. The minimum absolute atomic E-state index is 0.0639. The molecule has 8 nitrogen and oxygen atoms in total. The molecule has 25 heavy (non-hydrogen) atoms. The summed E-state index contributed by atoms with van der Waals surface area (Å²) >= 11 is 0. The van der Waals surface area contributed by atoms with E-state index in [-0.39, 0.29) is 24.8 Å². The van der Waals surface area contributed by atoms with Crippen molar-refractivity contribution in [2.75, 3.05) is 20.3 Å². The molecule has 2 aromatic heterocycles. The van der Waals surface area contributed by atoms with Gasteiger partial charge in [-0.15, -0.1) is 0 Å². The predicted molar refractivity (Wildman–Crippen MR) is 88.7 cm³/mol. The normalized spacial score (nSPS) is 10.3. The Morgan fingerprint density at radius 3 is 2.40 bits per heavy atom. The largest absolute Gasteiger partial charge is 0.493 e. The lowest BCUT2D eigenvalue weighted by Gasteiger charge is -2.13. The van der Waals surface area contributed by atoms with E-state index < -0.39 is 0 Å². The van der Waals surface area contributed by atoms with Gasteiger partial charge in [0.25, 0.3) is 5.88 Å². The Labute approximate surface area is 144 Å². The van der Waals surface area contributed by atoms with E-state index in [1.165, 1.54) is 6.20 Å². The van der Waals surface area contributed by atoms with Crippen LogP contribution in [0.15, 0.2) is 48.9 Å². The average molecular weight is 340 g/mol. The number of rotatable bonds is 7. The quantitative estimate of drug-likeness (QED) is 0.698. The highest BCUT2D eigenvalue weighted by molar-refractivity contribution is 5.49. The number of aromatic nitrogens is 4. The maximum Gasteiger partial charge on any atom is 0.261 e. The third-order valence-corrected chi connectivity index (χ3v) is 3.11. The van der Waals surface area contributed by atoms with E-state index in [1.54, 1.807) is 37.7 Å². The van der Waals surface area contributed by atoms with Crippen molar-refractivity contribution < 1.29 is 19.3 Å². The summed E-state index contributed by atoms with van der Waals surface area (Å²) in [5.74, 6) is 2.17. The van der Waals surface area contributed by atoms with Crippen molar-refractivity contribution in [2.45, 2.75) is 0 Å². The first-order chi connectivity index (χ1) is 12.3. The third kappa shape index (κ3) is 3.99. The van der Waals surface area contributed by atoms with Gasteiger partial charge in [0, 0.05) is 12.4 Å². The average Bonchev–Trinajstić information content (AvgIpc) is 2.68. The van der Waals surface area contributed by atoms with Crippen LogP contribution in [0.1, 0.15) is 0 Å². The molecule has 0 aliphatic heterocycles. The van der Waals surface area contributed by atoms with Crippen LogP contribution in [0.3, 0.4) is 0 Å². The molecule has 0 amide bonds. The van der Waals surface area contributed by atoms with E-state index in [4.69, 9.17) is 19.3 Å². The van der Waals surface area contributed by atoms with Crippen LogP contribution in [0.2, 0.25) is 0 Å². The molecule has 0 atom stereocenters. The van der Waals surface area contributed by atoms with Gasteiger partial charge in [0.15, 0.2) is 17.3 Å². The summed E-state index contributed by atoms with van der Waals surface area (Å²) in [6, 6.07) is 8.88. The van der Waals surface area contributed by atoms with Crippen LogP contribution in [-0.4, -0.2) is 45.4 Å². The van der Waals surface area contributed by atoms with Crippen LogP contribution in [0.4, 0.5) is 0 Å². The Morgan fingerprint density at radius 1 is 0.920 bits per heavy atom. The van der Waals surface area contributed by atoms with Gasteiger partial charge in [0.1, 0.15) is 6.61 Å². The predicted octanol–water partition coefficient (Wildman–Crippen LogP) is 2.11. The van der Waals surface area contributed by atoms with Gasteiger partial charge in [-0.3, -0.25) is 0 Å². The number of aliphatic hydroxyl groups is 1. The van der Waals surface area contributed by atoms with Crippen molar-refractivity contribution in [2.24, 2.45) is 0 Å². The Hall–Kier alpha value is -3.26. The second-order valence-electron chi connectivity index (χ2n) is 4.76. The summed E-state index contributed by atoms with van der Waals surface area (Å²) in [7, 11) is 1.55. The van der Waals surface area contributed by atoms with Gasteiger partial charge in [-0.1, -0.05) is 12.1 Å². The van der Waals surface area contributed by atoms with Gasteiger partial charge >= 0.3 is 0 Å². The molecule has 3 aromatic rings. The fourth-order valence-corrected chi connectivity index (χ4v) is 2.01. The molecule has 0 aliphatic carbocycles. The fraction of sp³-hybridized carbons (Fsp3) is 0.176. The number of hydrogen-bond acceptors (Lipinski definition) is 8. The number of nitrogens with zero attached hydrogens (tertiary/aromatic N) is 4. The van der Waals surface area contributed by atoms with Crippen LogP contribution in [0.5, 0.6) is 23.1 Å². The molecule has 0 bridgehead atoms. The van der Waals surface area contributed by atoms with E-state index in [0.717, 1.165) is 0 Å². The highest BCUT2D eigenvalue weighted by Gasteiger charge is 2.15. The SMILES string of the molecule is COc1ccccc1Oc1cnc(-c2ncccn2)nc1OCCO. The summed E-state index contributed by atoms with van der Waals surface area (Å²) in [6.07, 6.45) is 4.66. The van der Waals surface area contributed by atoms with E-state index in [9.17, 15) is 0 Å². The van der Waals surface area contributed by atoms with Crippen molar-refractivity contribution in [3.8, 4) is 34.8 Å². The van der Waals surface area contributed by atoms with Crippen LogP contribution in [-0.2, 0) is 0 Å². The summed E-state index contributed by atoms with van der Waals surface area (Å²) in [6.45, 7) is -0.0936. The molecule has 0 saturated carbocycles. The van der Waals surface area contributed by atoms with Crippen LogP contribution in [0.25, 0.3) is 11.6 Å². The molecule has 8 heteroatoms. The van der Waals surface area contributed by atoms with Gasteiger partial charge in [-0.25, -0.2) is 15.0 Å². The van der Waals surface area contributed by atoms with Crippen molar-refractivity contribution >= 4 is 0 Å². The number of aliphatic hydroxyl groups excluding tert-OH is 1. The summed E-state index contributed by atoms with van der Waals surface area (Å²) in [4.78, 5) is 16.7. The Balaban J connectivity index is 1.95. The summed E-state index contributed by atoms with van der Waals surface area (Å²) < 4.78 is 16.6. The molecular formula is C17H16N4O4. The molecule has 0 fully saturated rings. The minimum Gasteiger partial charge on any atom is -0.493 e. The summed E-state index contributed by atoms with van der Waals surface area (Å²) in [5.41, 5.74) is 0. The topological polar surface area (TPSA) is 99.5 Å². The van der Waals surface area contributed by atoms with Gasteiger partial charge in [-0.2, -0.15) is 4.98 Å². The zero-order chi connectivity index (χ0) is 17.5. The maximum absolute atomic E-state index is 9.02. The zero-order valence-corrected chi connectivity index (χ0v) is 13.5. The van der Waals surface area contributed by atoms with Gasteiger partial charge in [-0.05, 0) is 18.2 Å². The van der Waals surface area contributed by atoms with E-state index >= 15 is 0 Å². The second-order valence-corrected chi connectivity index (χ2v) is 4.76. The van der Waals surface area contributed by atoms with Gasteiger partial charge in [0.2, 0.25) is 11.6 Å².